The van der Waals surface area contributed by atoms with Crippen molar-refractivity contribution in [2.75, 3.05) is 20.1 Å². The molecule has 4 rings (SSSR count). The van der Waals surface area contributed by atoms with Gasteiger partial charge in [0.25, 0.3) is 0 Å². The maximum atomic E-state index is 13.9. The molecule has 1 N–H and O–H groups in total. The SMILES string of the molecule is CN1CCC(Cc2cccc(CNC3(c4ccc(F)c(F)c4)CCCC3)c2)CC1. The molecule has 2 fully saturated rings. The molecule has 1 aliphatic heterocycles. The summed E-state index contributed by atoms with van der Waals surface area (Å²) in [5.41, 5.74) is 3.30. The number of hydrogen-bond donors (Lipinski definition) is 1. The molecule has 29 heavy (non-hydrogen) atoms. The van der Waals surface area contributed by atoms with Gasteiger partial charge in [-0.15, -0.1) is 0 Å². The molecule has 0 aromatic heterocycles. The number of hydrogen-bond acceptors (Lipinski definition) is 2. The predicted molar refractivity (Wildman–Crippen MR) is 114 cm³/mol. The third-order valence-electron chi connectivity index (χ3n) is 6.91. The third kappa shape index (κ3) is 4.87. The standard InChI is InChI=1S/C25H32F2N2/c1-29-13-9-19(10-14-29)15-20-5-4-6-21(16-20)18-28-25(11-2-3-12-25)22-7-8-23(26)24(27)17-22/h4-8,16-17,19,28H,2-3,9-15,18H2,1H3. The molecule has 0 amide bonds. The van der Waals surface area contributed by atoms with Crippen LogP contribution in [-0.4, -0.2) is 25.0 Å². The van der Waals surface area contributed by atoms with Crippen LogP contribution in [0, 0.1) is 17.6 Å². The fourth-order valence-electron chi connectivity index (χ4n) is 5.08. The van der Waals surface area contributed by atoms with Gasteiger partial charge in [-0.25, -0.2) is 8.78 Å². The van der Waals surface area contributed by atoms with Crippen LogP contribution in [0.15, 0.2) is 42.5 Å². The molecule has 1 heterocycles. The summed E-state index contributed by atoms with van der Waals surface area (Å²) >= 11 is 0. The Bertz CT molecular complexity index is 821. The lowest BCUT2D eigenvalue weighted by molar-refractivity contribution is 0.219. The van der Waals surface area contributed by atoms with Gasteiger partial charge in [-0.3, -0.25) is 0 Å². The fourth-order valence-corrected chi connectivity index (χ4v) is 5.08. The normalized spacial score (nSPS) is 20.2. The minimum absolute atomic E-state index is 0.251. The van der Waals surface area contributed by atoms with Crippen molar-refractivity contribution in [3.05, 3.63) is 70.8 Å². The van der Waals surface area contributed by atoms with Crippen molar-refractivity contribution in [2.24, 2.45) is 5.92 Å². The lowest BCUT2D eigenvalue weighted by Crippen LogP contribution is -2.39. The summed E-state index contributed by atoms with van der Waals surface area (Å²) in [6.07, 6.45) is 7.86. The fraction of sp³-hybridized carbons (Fsp3) is 0.520. The Morgan fingerprint density at radius 1 is 0.966 bits per heavy atom. The van der Waals surface area contributed by atoms with Crippen molar-refractivity contribution in [2.45, 2.75) is 57.0 Å². The Hall–Kier alpha value is -1.78. The number of nitrogens with zero attached hydrogens (tertiary/aromatic N) is 1. The molecule has 1 aliphatic carbocycles. The van der Waals surface area contributed by atoms with Gasteiger partial charge in [0.05, 0.1) is 0 Å². The Morgan fingerprint density at radius 2 is 1.69 bits per heavy atom. The van der Waals surface area contributed by atoms with Crippen molar-refractivity contribution in [3.63, 3.8) is 0 Å². The molecule has 4 heteroatoms. The summed E-state index contributed by atoms with van der Waals surface area (Å²) in [6, 6.07) is 13.3. The van der Waals surface area contributed by atoms with Gasteiger partial charge in [0.1, 0.15) is 0 Å². The van der Waals surface area contributed by atoms with Crippen LogP contribution in [-0.2, 0) is 18.5 Å². The van der Waals surface area contributed by atoms with Crippen molar-refractivity contribution < 1.29 is 8.78 Å². The lowest BCUT2D eigenvalue weighted by atomic mass is 9.87. The van der Waals surface area contributed by atoms with Gasteiger partial charge in [-0.2, -0.15) is 0 Å². The maximum Gasteiger partial charge on any atom is 0.159 e. The minimum atomic E-state index is -0.775. The smallest absolute Gasteiger partial charge is 0.159 e. The Morgan fingerprint density at radius 3 is 2.41 bits per heavy atom. The van der Waals surface area contributed by atoms with Gasteiger partial charge in [-0.05, 0) is 87.0 Å². The molecule has 2 aromatic carbocycles. The van der Waals surface area contributed by atoms with Gasteiger partial charge in [0.15, 0.2) is 11.6 Å². The zero-order chi connectivity index (χ0) is 20.3. The molecule has 1 saturated heterocycles. The number of likely N-dealkylation sites (tertiary alicyclic amines) is 1. The van der Waals surface area contributed by atoms with Gasteiger partial charge < -0.3 is 10.2 Å². The van der Waals surface area contributed by atoms with Crippen molar-refractivity contribution in [3.8, 4) is 0 Å². The second-order valence-corrected chi connectivity index (χ2v) is 9.04. The highest BCUT2D eigenvalue weighted by Gasteiger charge is 2.35. The van der Waals surface area contributed by atoms with E-state index in [4.69, 9.17) is 0 Å². The number of nitrogens with one attached hydrogen (secondary N) is 1. The van der Waals surface area contributed by atoms with E-state index in [-0.39, 0.29) is 5.54 Å². The van der Waals surface area contributed by atoms with Crippen LogP contribution in [0.25, 0.3) is 0 Å². The number of benzene rings is 2. The van der Waals surface area contributed by atoms with E-state index in [9.17, 15) is 8.78 Å². The predicted octanol–water partition coefficient (Wildman–Crippen LogP) is 5.41. The molecule has 2 nitrogen and oxygen atoms in total. The topological polar surface area (TPSA) is 15.3 Å². The molecule has 2 aliphatic rings. The van der Waals surface area contributed by atoms with Gasteiger partial charge in [-0.1, -0.05) is 43.2 Å². The molecule has 0 bridgehead atoms. The van der Waals surface area contributed by atoms with Gasteiger partial charge in [0, 0.05) is 12.1 Å². The summed E-state index contributed by atoms with van der Waals surface area (Å²) in [5, 5.41) is 3.72. The number of rotatable bonds is 6. The third-order valence-corrected chi connectivity index (χ3v) is 6.91. The van der Waals surface area contributed by atoms with E-state index in [1.807, 2.05) is 0 Å². The van der Waals surface area contributed by atoms with E-state index < -0.39 is 11.6 Å². The molecule has 156 valence electrons. The number of halogens is 2. The van der Waals surface area contributed by atoms with E-state index in [1.165, 1.54) is 49.2 Å². The van der Waals surface area contributed by atoms with E-state index in [1.54, 1.807) is 6.07 Å². The maximum absolute atomic E-state index is 13.9. The van der Waals surface area contributed by atoms with Crippen molar-refractivity contribution >= 4 is 0 Å². The molecule has 0 spiro atoms. The van der Waals surface area contributed by atoms with E-state index in [2.05, 4.69) is 41.5 Å². The van der Waals surface area contributed by atoms with E-state index >= 15 is 0 Å². The summed E-state index contributed by atoms with van der Waals surface area (Å²) in [4.78, 5) is 2.41. The number of piperidine rings is 1. The van der Waals surface area contributed by atoms with Crippen molar-refractivity contribution in [1.82, 2.24) is 10.2 Å². The zero-order valence-corrected chi connectivity index (χ0v) is 17.4. The largest absolute Gasteiger partial charge is 0.306 e. The summed E-state index contributed by atoms with van der Waals surface area (Å²) < 4.78 is 27.3. The lowest BCUT2D eigenvalue weighted by Gasteiger charge is -2.32. The average Bonchev–Trinajstić information content (AvgIpc) is 3.21. The first kappa shape index (κ1) is 20.5. The minimum Gasteiger partial charge on any atom is -0.306 e. The average molecular weight is 399 g/mol. The Kier molecular flexibility index (Phi) is 6.31. The van der Waals surface area contributed by atoms with Crippen molar-refractivity contribution in [1.29, 1.82) is 0 Å². The van der Waals surface area contributed by atoms with E-state index in [0.29, 0.717) is 0 Å². The van der Waals surface area contributed by atoms with Crippen LogP contribution in [0.4, 0.5) is 8.78 Å². The first-order valence-corrected chi connectivity index (χ1v) is 11.0. The van der Waals surface area contributed by atoms with Crippen LogP contribution in [0.2, 0.25) is 0 Å². The van der Waals surface area contributed by atoms with Crippen LogP contribution in [0.5, 0.6) is 0 Å². The van der Waals surface area contributed by atoms with Crippen LogP contribution < -0.4 is 5.32 Å². The monoisotopic (exact) mass is 398 g/mol. The molecular formula is C25H32F2N2. The van der Waals surface area contributed by atoms with E-state index in [0.717, 1.165) is 50.1 Å². The first-order valence-electron chi connectivity index (χ1n) is 11.0. The quantitative estimate of drug-likeness (QED) is 0.700. The summed E-state index contributed by atoms with van der Waals surface area (Å²) in [7, 11) is 2.20. The van der Waals surface area contributed by atoms with Crippen LogP contribution >= 0.6 is 0 Å². The van der Waals surface area contributed by atoms with Gasteiger partial charge >= 0.3 is 0 Å². The highest BCUT2D eigenvalue weighted by molar-refractivity contribution is 5.29. The van der Waals surface area contributed by atoms with Crippen LogP contribution in [0.3, 0.4) is 0 Å². The zero-order valence-electron chi connectivity index (χ0n) is 17.4. The molecule has 0 unspecified atom stereocenters. The molecular weight excluding hydrogens is 366 g/mol. The second kappa shape index (κ2) is 8.93. The summed E-state index contributed by atoms with van der Waals surface area (Å²) in [6.45, 7) is 3.14. The molecule has 0 radical (unpaired) electrons. The Labute approximate surface area is 173 Å². The second-order valence-electron chi connectivity index (χ2n) is 9.04. The molecule has 2 aromatic rings. The highest BCUT2D eigenvalue weighted by Crippen LogP contribution is 2.39. The molecule has 1 saturated carbocycles. The van der Waals surface area contributed by atoms with Gasteiger partial charge in [0.2, 0.25) is 0 Å². The molecule has 0 atom stereocenters. The highest BCUT2D eigenvalue weighted by atomic mass is 19.2. The summed E-state index contributed by atoms with van der Waals surface area (Å²) in [5.74, 6) is -0.753. The van der Waals surface area contributed by atoms with Crippen LogP contribution in [0.1, 0.15) is 55.2 Å². The Balaban J connectivity index is 1.43. The first-order chi connectivity index (χ1) is 14.0.